The molecule has 0 aliphatic carbocycles. The molecule has 1 aliphatic rings. The van der Waals surface area contributed by atoms with Crippen LogP contribution in [-0.2, 0) is 5.54 Å². The number of hydrogen-bond donors (Lipinski definition) is 1. The van der Waals surface area contributed by atoms with E-state index in [0.717, 1.165) is 19.4 Å². The third kappa shape index (κ3) is 1.96. The van der Waals surface area contributed by atoms with E-state index in [2.05, 4.69) is 5.32 Å². The van der Waals surface area contributed by atoms with Crippen LogP contribution in [0.4, 0.5) is 8.78 Å². The number of nitrogens with one attached hydrogen (secondary N) is 1. The summed E-state index contributed by atoms with van der Waals surface area (Å²) in [5, 5.41) is 3.24. The van der Waals surface area contributed by atoms with Crippen LogP contribution in [0.15, 0.2) is 17.0 Å². The molecule has 1 unspecified atom stereocenters. The molecule has 0 radical (unpaired) electrons. The minimum atomic E-state index is -0.415. The lowest BCUT2D eigenvalue weighted by Gasteiger charge is -2.25. The Morgan fingerprint density at radius 1 is 1.31 bits per heavy atom. The van der Waals surface area contributed by atoms with E-state index < -0.39 is 5.54 Å². The normalized spacial score (nSPS) is 25.0. The average molecular weight is 243 g/mol. The Labute approximate surface area is 98.6 Å². The Hall–Kier alpha value is -0.610. The van der Waals surface area contributed by atoms with Crippen LogP contribution >= 0.6 is 11.8 Å². The summed E-state index contributed by atoms with van der Waals surface area (Å²) in [6.45, 7) is 2.79. The number of hydrogen-bond acceptors (Lipinski definition) is 2. The van der Waals surface area contributed by atoms with Gasteiger partial charge in [-0.25, -0.2) is 8.78 Å². The third-order valence-electron chi connectivity index (χ3n) is 3.20. The molecular weight excluding hydrogens is 228 g/mol. The standard InChI is InChI=1S/C12H15F2NS/c1-12(4-3-5-15-12)8-6-10(14)11(16-2)7-9(8)13/h6-7,15H,3-5H2,1-2H3. The summed E-state index contributed by atoms with van der Waals surface area (Å²) in [6.07, 6.45) is 3.59. The highest BCUT2D eigenvalue weighted by Crippen LogP contribution is 2.34. The van der Waals surface area contributed by atoms with Crippen molar-refractivity contribution < 1.29 is 8.78 Å². The number of rotatable bonds is 2. The van der Waals surface area contributed by atoms with Crippen LogP contribution in [-0.4, -0.2) is 12.8 Å². The SMILES string of the molecule is CSc1cc(F)c(C2(C)CCCN2)cc1F. The lowest BCUT2D eigenvalue weighted by molar-refractivity contribution is 0.405. The molecule has 0 bridgehead atoms. The summed E-state index contributed by atoms with van der Waals surface area (Å²) in [5.41, 5.74) is 0.0299. The lowest BCUT2D eigenvalue weighted by Crippen LogP contribution is -2.34. The Morgan fingerprint density at radius 3 is 2.62 bits per heavy atom. The molecule has 16 heavy (non-hydrogen) atoms. The van der Waals surface area contributed by atoms with Crippen LogP contribution in [0.1, 0.15) is 25.3 Å². The smallest absolute Gasteiger partial charge is 0.137 e. The first kappa shape index (κ1) is 11.9. The quantitative estimate of drug-likeness (QED) is 0.800. The number of halogens is 2. The van der Waals surface area contributed by atoms with Crippen molar-refractivity contribution in [3.63, 3.8) is 0 Å². The molecule has 0 saturated carbocycles. The van der Waals surface area contributed by atoms with Crippen molar-refractivity contribution in [1.82, 2.24) is 5.32 Å². The van der Waals surface area contributed by atoms with Gasteiger partial charge in [-0.2, -0.15) is 0 Å². The summed E-state index contributed by atoms with van der Waals surface area (Å²) in [4.78, 5) is 0.364. The van der Waals surface area contributed by atoms with E-state index in [-0.39, 0.29) is 11.6 Å². The van der Waals surface area contributed by atoms with Crippen LogP contribution in [0, 0.1) is 11.6 Å². The number of benzene rings is 1. The van der Waals surface area contributed by atoms with Gasteiger partial charge in [0.05, 0.1) is 0 Å². The summed E-state index contributed by atoms with van der Waals surface area (Å²) >= 11 is 1.22. The highest BCUT2D eigenvalue weighted by Gasteiger charge is 2.33. The monoisotopic (exact) mass is 243 g/mol. The van der Waals surface area contributed by atoms with Crippen LogP contribution in [0.5, 0.6) is 0 Å². The molecule has 0 amide bonds. The van der Waals surface area contributed by atoms with Crippen LogP contribution < -0.4 is 5.32 Å². The molecule has 1 aliphatic heterocycles. The molecule has 1 nitrogen and oxygen atoms in total. The van der Waals surface area contributed by atoms with Crippen LogP contribution in [0.2, 0.25) is 0 Å². The maximum atomic E-state index is 13.9. The minimum absolute atomic E-state index is 0.317. The highest BCUT2D eigenvalue weighted by molar-refractivity contribution is 7.98. The molecule has 1 aromatic rings. The van der Waals surface area contributed by atoms with Crippen molar-refractivity contribution >= 4 is 11.8 Å². The van der Waals surface area contributed by atoms with Gasteiger partial charge in [-0.05, 0) is 44.7 Å². The molecule has 1 atom stereocenters. The molecule has 1 N–H and O–H groups in total. The minimum Gasteiger partial charge on any atom is -0.308 e. The summed E-state index contributed by atoms with van der Waals surface area (Å²) in [5.74, 6) is -0.651. The fourth-order valence-electron chi connectivity index (χ4n) is 2.23. The molecule has 1 heterocycles. The summed E-state index contributed by atoms with van der Waals surface area (Å²) in [7, 11) is 0. The topological polar surface area (TPSA) is 12.0 Å². The predicted molar refractivity (Wildman–Crippen MR) is 62.7 cm³/mol. The van der Waals surface area contributed by atoms with Crippen LogP contribution in [0.3, 0.4) is 0 Å². The molecule has 0 spiro atoms. The zero-order valence-corrected chi connectivity index (χ0v) is 10.3. The van der Waals surface area contributed by atoms with Crippen molar-refractivity contribution in [2.45, 2.75) is 30.2 Å². The second-order valence-electron chi connectivity index (χ2n) is 4.33. The molecule has 0 aromatic heterocycles. The molecule has 2 rings (SSSR count). The molecule has 4 heteroatoms. The zero-order chi connectivity index (χ0) is 11.8. The maximum absolute atomic E-state index is 13.9. The summed E-state index contributed by atoms with van der Waals surface area (Å²) in [6, 6.07) is 2.63. The molecule has 1 saturated heterocycles. The van der Waals surface area contributed by atoms with Crippen molar-refractivity contribution in [1.29, 1.82) is 0 Å². The first-order chi connectivity index (χ1) is 7.57. The van der Waals surface area contributed by atoms with Crippen LogP contribution in [0.25, 0.3) is 0 Å². The fourth-order valence-corrected chi connectivity index (χ4v) is 2.71. The Bertz CT molecular complexity index is 400. The Kier molecular flexibility index (Phi) is 3.22. The van der Waals surface area contributed by atoms with Gasteiger partial charge < -0.3 is 5.32 Å². The molecule has 1 fully saturated rings. The molecular formula is C12H15F2NS. The van der Waals surface area contributed by atoms with Crippen molar-refractivity contribution in [3.8, 4) is 0 Å². The van der Waals surface area contributed by atoms with Gasteiger partial charge in [0.2, 0.25) is 0 Å². The van der Waals surface area contributed by atoms with E-state index in [4.69, 9.17) is 0 Å². The van der Waals surface area contributed by atoms with E-state index in [9.17, 15) is 8.78 Å². The second-order valence-corrected chi connectivity index (χ2v) is 5.18. The molecule has 1 aromatic carbocycles. The zero-order valence-electron chi connectivity index (χ0n) is 9.44. The van der Waals surface area contributed by atoms with Crippen molar-refractivity contribution in [2.75, 3.05) is 12.8 Å². The Balaban J connectivity index is 2.45. The lowest BCUT2D eigenvalue weighted by atomic mass is 9.90. The van der Waals surface area contributed by atoms with E-state index in [1.807, 2.05) is 6.92 Å². The van der Waals surface area contributed by atoms with Gasteiger partial charge in [-0.15, -0.1) is 11.8 Å². The third-order valence-corrected chi connectivity index (χ3v) is 3.96. The van der Waals surface area contributed by atoms with E-state index >= 15 is 0 Å². The predicted octanol–water partition coefficient (Wildman–Crippen LogP) is 3.29. The van der Waals surface area contributed by atoms with Gasteiger partial charge in [0.15, 0.2) is 0 Å². The van der Waals surface area contributed by atoms with Crippen molar-refractivity contribution in [2.24, 2.45) is 0 Å². The van der Waals surface area contributed by atoms with Gasteiger partial charge in [-0.1, -0.05) is 0 Å². The average Bonchev–Trinajstić information content (AvgIpc) is 2.69. The first-order valence-electron chi connectivity index (χ1n) is 5.35. The molecule has 88 valence electrons. The van der Waals surface area contributed by atoms with Gasteiger partial charge in [0.1, 0.15) is 11.6 Å². The van der Waals surface area contributed by atoms with Gasteiger partial charge in [-0.3, -0.25) is 0 Å². The van der Waals surface area contributed by atoms with E-state index in [1.165, 1.54) is 23.9 Å². The largest absolute Gasteiger partial charge is 0.308 e. The summed E-state index contributed by atoms with van der Waals surface area (Å²) < 4.78 is 27.5. The number of thioether (sulfide) groups is 1. The maximum Gasteiger partial charge on any atom is 0.137 e. The van der Waals surface area contributed by atoms with Gasteiger partial charge in [0, 0.05) is 16.0 Å². The van der Waals surface area contributed by atoms with Gasteiger partial charge >= 0.3 is 0 Å². The van der Waals surface area contributed by atoms with Crippen molar-refractivity contribution in [3.05, 3.63) is 29.3 Å². The first-order valence-corrected chi connectivity index (χ1v) is 6.58. The van der Waals surface area contributed by atoms with Gasteiger partial charge in [0.25, 0.3) is 0 Å². The fraction of sp³-hybridized carbons (Fsp3) is 0.500. The van der Waals surface area contributed by atoms with E-state index in [0.29, 0.717) is 10.5 Å². The van der Waals surface area contributed by atoms with E-state index in [1.54, 1.807) is 6.26 Å². The second kappa shape index (κ2) is 4.34. The highest BCUT2D eigenvalue weighted by atomic mass is 32.2. The Morgan fingerprint density at radius 2 is 2.06 bits per heavy atom.